The van der Waals surface area contributed by atoms with Gasteiger partial charge in [0.05, 0.1) is 10.4 Å². The number of aliphatic hydroxyl groups excluding tert-OH is 1. The van der Waals surface area contributed by atoms with Crippen molar-refractivity contribution in [3.8, 4) is 23.1 Å². The van der Waals surface area contributed by atoms with Crippen LogP contribution in [0.1, 0.15) is 18.4 Å². The summed E-state index contributed by atoms with van der Waals surface area (Å²) in [5, 5.41) is 10.6. The molecule has 0 amide bonds. The lowest BCUT2D eigenvalue weighted by Crippen LogP contribution is -1.80. The van der Waals surface area contributed by atoms with E-state index in [1.807, 2.05) is 30.3 Å². The van der Waals surface area contributed by atoms with Crippen LogP contribution >= 0.6 is 23.1 Å². The summed E-state index contributed by atoms with van der Waals surface area (Å²) in [6, 6.07) is 13.9. The van der Waals surface area contributed by atoms with E-state index >= 15 is 0 Å². The number of hydrogen-bond acceptors (Lipinski definition) is 3. The average molecular weight is 328 g/mol. The van der Waals surface area contributed by atoms with Crippen LogP contribution in [0, 0.1) is 11.8 Å². The highest BCUT2D eigenvalue weighted by molar-refractivity contribution is 7.13. The van der Waals surface area contributed by atoms with Gasteiger partial charge in [-0.15, -0.1) is 0 Å². The summed E-state index contributed by atoms with van der Waals surface area (Å²) in [5.41, 5.74) is 3.03. The first-order chi connectivity index (χ1) is 10.8. The van der Waals surface area contributed by atoms with Crippen LogP contribution in [0.25, 0.3) is 21.3 Å². The molecule has 22 heavy (non-hydrogen) atoms. The van der Waals surface area contributed by atoms with Gasteiger partial charge in [-0.25, -0.2) is 0 Å². The van der Waals surface area contributed by atoms with Gasteiger partial charge in [-0.05, 0) is 42.2 Å². The molecular weight excluding hydrogens is 314 g/mol. The molecule has 3 rings (SSSR count). The number of aliphatic hydroxyl groups is 1. The van der Waals surface area contributed by atoms with Crippen LogP contribution in [-0.2, 0) is 0 Å². The molecule has 0 radical (unpaired) electrons. The second kappa shape index (κ2) is 6.93. The number of hydrogen-bond donors (Lipinski definition) is 1. The zero-order valence-corrected chi connectivity index (χ0v) is 13.4. The molecule has 0 spiro atoms. The third kappa shape index (κ3) is 3.31. The molecule has 1 N–H and O–H groups in total. The Kier molecular flexibility index (Phi) is 4.74. The van der Waals surface area contributed by atoms with Crippen molar-refractivity contribution < 1.29 is 5.11 Å². The summed E-state index contributed by atoms with van der Waals surface area (Å²) in [7, 11) is 0. The van der Waals surface area contributed by atoms with Crippen LogP contribution in [0.15, 0.2) is 42.5 Å². The summed E-state index contributed by atoms with van der Waals surface area (Å²) < 4.78 is 5.69. The predicted molar refractivity (Wildman–Crippen MR) is 93.3 cm³/mol. The van der Waals surface area contributed by atoms with E-state index in [0.29, 0.717) is 6.42 Å². The summed E-state index contributed by atoms with van der Waals surface area (Å²) in [6.07, 6.45) is 1.43. The Balaban J connectivity index is 1.92. The van der Waals surface area contributed by atoms with Crippen molar-refractivity contribution in [3.05, 3.63) is 53.1 Å². The lowest BCUT2D eigenvalue weighted by molar-refractivity contribution is 0.290. The van der Waals surface area contributed by atoms with Gasteiger partial charge >= 0.3 is 0 Å². The molecule has 0 saturated carbocycles. The van der Waals surface area contributed by atoms with Crippen LogP contribution in [0.2, 0.25) is 5.02 Å². The Morgan fingerprint density at radius 1 is 1.14 bits per heavy atom. The Hall–Kier alpha value is -1.86. The summed E-state index contributed by atoms with van der Waals surface area (Å²) in [5.74, 6) is 6.20. The maximum atomic E-state index is 8.75. The zero-order valence-electron chi connectivity index (χ0n) is 11.8. The first-order valence-electron chi connectivity index (χ1n) is 7.03. The van der Waals surface area contributed by atoms with Crippen LogP contribution in [-0.4, -0.2) is 16.1 Å². The van der Waals surface area contributed by atoms with Crippen molar-refractivity contribution >= 4 is 33.2 Å². The Morgan fingerprint density at radius 2 is 1.95 bits per heavy atom. The maximum Gasteiger partial charge on any atom is 0.0919 e. The number of unbranched alkanes of at least 4 members (excludes halogenated alkanes) is 1. The molecule has 4 heteroatoms. The Labute approximate surface area is 138 Å². The van der Waals surface area contributed by atoms with Gasteiger partial charge in [0.25, 0.3) is 0 Å². The van der Waals surface area contributed by atoms with Gasteiger partial charge in [0, 0.05) is 34.6 Å². The number of rotatable bonds is 3. The third-order valence-corrected chi connectivity index (χ3v) is 4.34. The van der Waals surface area contributed by atoms with Gasteiger partial charge in [0.1, 0.15) is 0 Å². The van der Waals surface area contributed by atoms with E-state index in [2.05, 4.69) is 28.3 Å². The van der Waals surface area contributed by atoms with Crippen LogP contribution in [0.5, 0.6) is 0 Å². The second-order valence-corrected chi connectivity index (χ2v) is 6.12. The van der Waals surface area contributed by atoms with Gasteiger partial charge < -0.3 is 5.11 Å². The molecular formula is C18H14ClNOS. The molecule has 2 aromatic carbocycles. The van der Waals surface area contributed by atoms with Crippen molar-refractivity contribution in [3.63, 3.8) is 0 Å². The van der Waals surface area contributed by atoms with E-state index in [0.717, 1.165) is 38.4 Å². The van der Waals surface area contributed by atoms with Crippen molar-refractivity contribution in [2.24, 2.45) is 0 Å². The summed E-state index contributed by atoms with van der Waals surface area (Å²) in [4.78, 5) is 0. The Bertz CT molecular complexity index is 843. The molecule has 1 aromatic heterocycles. The highest BCUT2D eigenvalue weighted by Gasteiger charge is 2.08. The first-order valence-corrected chi connectivity index (χ1v) is 8.18. The average Bonchev–Trinajstić information content (AvgIpc) is 2.95. The smallest absolute Gasteiger partial charge is 0.0919 e. The van der Waals surface area contributed by atoms with Crippen molar-refractivity contribution in [2.45, 2.75) is 12.8 Å². The topological polar surface area (TPSA) is 33.1 Å². The normalized spacial score (nSPS) is 10.5. The van der Waals surface area contributed by atoms with Gasteiger partial charge in [-0.1, -0.05) is 41.6 Å². The lowest BCUT2D eigenvalue weighted by Gasteiger charge is -1.99. The van der Waals surface area contributed by atoms with Gasteiger partial charge in [0.15, 0.2) is 0 Å². The highest BCUT2D eigenvalue weighted by atomic mass is 35.5. The van der Waals surface area contributed by atoms with Crippen LogP contribution in [0.4, 0.5) is 0 Å². The van der Waals surface area contributed by atoms with Crippen LogP contribution in [0.3, 0.4) is 0 Å². The largest absolute Gasteiger partial charge is 0.396 e. The minimum atomic E-state index is 0.188. The molecule has 0 unspecified atom stereocenters. The summed E-state index contributed by atoms with van der Waals surface area (Å²) >= 11 is 7.41. The van der Waals surface area contributed by atoms with Crippen molar-refractivity contribution in [1.82, 2.24) is 4.37 Å². The number of halogens is 1. The van der Waals surface area contributed by atoms with E-state index in [1.165, 1.54) is 11.5 Å². The quantitative estimate of drug-likeness (QED) is 0.556. The molecule has 0 aliphatic heterocycles. The Morgan fingerprint density at radius 3 is 2.73 bits per heavy atom. The monoisotopic (exact) mass is 327 g/mol. The fraction of sp³-hybridized carbons (Fsp3) is 0.167. The standard InChI is InChI=1S/C18H14ClNOS/c19-15-8-6-14(7-9-15)18-16-10-5-13(4-2-1-3-11-21)12-17(16)22-20-18/h5-10,12,21H,1,3,11H2. The van der Waals surface area contributed by atoms with Crippen molar-refractivity contribution in [1.29, 1.82) is 0 Å². The van der Waals surface area contributed by atoms with E-state index in [4.69, 9.17) is 16.7 Å². The maximum absolute atomic E-state index is 8.75. The SMILES string of the molecule is OCCCC#Cc1ccc2c(-c3ccc(Cl)cc3)nsc2c1. The number of nitrogens with zero attached hydrogens (tertiary/aromatic N) is 1. The molecule has 0 bridgehead atoms. The zero-order chi connectivity index (χ0) is 15.4. The number of fused-ring (bicyclic) bond motifs is 1. The lowest BCUT2D eigenvalue weighted by atomic mass is 10.1. The molecule has 3 aromatic rings. The highest BCUT2D eigenvalue weighted by Crippen LogP contribution is 2.31. The summed E-state index contributed by atoms with van der Waals surface area (Å²) in [6.45, 7) is 0.188. The van der Waals surface area contributed by atoms with Crippen LogP contribution < -0.4 is 0 Å². The van der Waals surface area contributed by atoms with E-state index in [9.17, 15) is 0 Å². The number of aromatic nitrogens is 1. The van der Waals surface area contributed by atoms with E-state index in [1.54, 1.807) is 0 Å². The van der Waals surface area contributed by atoms with E-state index < -0.39 is 0 Å². The number of benzene rings is 2. The molecule has 0 aliphatic carbocycles. The second-order valence-electron chi connectivity index (χ2n) is 4.88. The molecule has 110 valence electrons. The van der Waals surface area contributed by atoms with Crippen molar-refractivity contribution in [2.75, 3.05) is 6.61 Å². The molecule has 2 nitrogen and oxygen atoms in total. The minimum Gasteiger partial charge on any atom is -0.396 e. The van der Waals surface area contributed by atoms with Gasteiger partial charge in [0.2, 0.25) is 0 Å². The fourth-order valence-electron chi connectivity index (χ4n) is 2.16. The molecule has 0 saturated heterocycles. The molecule has 0 atom stereocenters. The molecule has 0 fully saturated rings. The first kappa shape index (κ1) is 15.1. The third-order valence-electron chi connectivity index (χ3n) is 3.28. The molecule has 1 heterocycles. The van der Waals surface area contributed by atoms with Gasteiger partial charge in [-0.3, -0.25) is 0 Å². The minimum absolute atomic E-state index is 0.188. The molecule has 0 aliphatic rings. The predicted octanol–water partition coefficient (Wildman–Crippen LogP) is 4.74. The fourth-order valence-corrected chi connectivity index (χ4v) is 3.13. The van der Waals surface area contributed by atoms with E-state index in [-0.39, 0.29) is 6.61 Å². The van der Waals surface area contributed by atoms with Gasteiger partial charge in [-0.2, -0.15) is 4.37 Å².